The third-order valence-corrected chi connectivity index (χ3v) is 5.27. The third kappa shape index (κ3) is 4.28. The Bertz CT molecular complexity index is 781. The maximum atomic E-state index is 11.7. The van der Waals surface area contributed by atoms with Crippen molar-refractivity contribution >= 4 is 0 Å². The molecule has 0 unspecified atom stereocenters. The molecule has 0 saturated heterocycles. The van der Waals surface area contributed by atoms with Crippen LogP contribution in [0.5, 0.6) is 0 Å². The van der Waals surface area contributed by atoms with Crippen LogP contribution in [0.3, 0.4) is 0 Å². The minimum absolute atomic E-state index is 0.161. The summed E-state index contributed by atoms with van der Waals surface area (Å²) in [7, 11) is 1.94. The highest BCUT2D eigenvalue weighted by Crippen LogP contribution is 2.32. The van der Waals surface area contributed by atoms with E-state index in [1.807, 2.05) is 110 Å². The first-order valence-corrected chi connectivity index (χ1v) is 9.29. The van der Waals surface area contributed by atoms with E-state index in [-0.39, 0.29) is 6.04 Å². The van der Waals surface area contributed by atoms with Crippen LogP contribution in [0.4, 0.5) is 0 Å². The van der Waals surface area contributed by atoms with Gasteiger partial charge in [-0.05, 0) is 30.7 Å². The maximum Gasteiger partial charge on any atom is 0.127 e. The number of aliphatic hydroxyl groups excluding tert-OH is 1. The molecule has 3 nitrogen and oxygen atoms in total. The van der Waals surface area contributed by atoms with Crippen LogP contribution in [0.2, 0.25) is 0 Å². The molecule has 0 aliphatic rings. The van der Waals surface area contributed by atoms with Crippen LogP contribution in [0.15, 0.2) is 91.0 Å². The van der Waals surface area contributed by atoms with Crippen LogP contribution in [-0.4, -0.2) is 34.7 Å². The van der Waals surface area contributed by atoms with Crippen molar-refractivity contribution in [3.8, 4) is 0 Å². The van der Waals surface area contributed by atoms with Gasteiger partial charge in [0.15, 0.2) is 0 Å². The summed E-state index contributed by atoms with van der Waals surface area (Å²) >= 11 is 0. The van der Waals surface area contributed by atoms with Crippen molar-refractivity contribution < 1.29 is 10.2 Å². The van der Waals surface area contributed by atoms with Gasteiger partial charge in [0.2, 0.25) is 0 Å². The van der Waals surface area contributed by atoms with Crippen LogP contribution in [0.1, 0.15) is 29.7 Å². The van der Waals surface area contributed by atoms with Gasteiger partial charge in [-0.15, -0.1) is 0 Å². The molecule has 0 radical (unpaired) electrons. The van der Waals surface area contributed by atoms with E-state index in [4.69, 9.17) is 0 Å². The second kappa shape index (κ2) is 8.49. The highest BCUT2D eigenvalue weighted by molar-refractivity contribution is 5.36. The predicted molar refractivity (Wildman–Crippen MR) is 109 cm³/mol. The monoisotopic (exact) mass is 361 g/mol. The van der Waals surface area contributed by atoms with Gasteiger partial charge in [-0.3, -0.25) is 4.90 Å². The Kier molecular flexibility index (Phi) is 6.07. The fourth-order valence-electron chi connectivity index (χ4n) is 3.45. The SMILES string of the molecule is C[C@@H]([C@H](O)c1ccccc1)N(C)CC(O)(c1ccccc1)c1ccccc1. The maximum absolute atomic E-state index is 11.7. The molecule has 2 N–H and O–H groups in total. The topological polar surface area (TPSA) is 43.7 Å². The summed E-state index contributed by atoms with van der Waals surface area (Å²) < 4.78 is 0. The lowest BCUT2D eigenvalue weighted by molar-refractivity contribution is 0.00237. The van der Waals surface area contributed by atoms with Gasteiger partial charge in [0.1, 0.15) is 5.60 Å². The number of hydrogen-bond acceptors (Lipinski definition) is 3. The van der Waals surface area contributed by atoms with E-state index in [1.54, 1.807) is 0 Å². The van der Waals surface area contributed by atoms with Gasteiger partial charge in [0.05, 0.1) is 6.10 Å². The minimum atomic E-state index is -1.16. The molecule has 27 heavy (non-hydrogen) atoms. The number of aliphatic hydroxyl groups is 2. The summed E-state index contributed by atoms with van der Waals surface area (Å²) in [6, 6.07) is 28.9. The Morgan fingerprint density at radius 2 is 1.19 bits per heavy atom. The fourth-order valence-corrected chi connectivity index (χ4v) is 3.45. The first-order valence-electron chi connectivity index (χ1n) is 9.29. The minimum Gasteiger partial charge on any atom is -0.387 e. The van der Waals surface area contributed by atoms with E-state index in [9.17, 15) is 10.2 Å². The van der Waals surface area contributed by atoms with Crippen LogP contribution in [-0.2, 0) is 5.60 Å². The molecule has 0 saturated carbocycles. The molecule has 0 aromatic heterocycles. The van der Waals surface area contributed by atoms with Crippen LogP contribution in [0, 0.1) is 0 Å². The van der Waals surface area contributed by atoms with Crippen LogP contribution >= 0.6 is 0 Å². The lowest BCUT2D eigenvalue weighted by Gasteiger charge is -2.37. The van der Waals surface area contributed by atoms with Gasteiger partial charge in [0.25, 0.3) is 0 Å². The zero-order valence-corrected chi connectivity index (χ0v) is 15.9. The Hall–Kier alpha value is -2.46. The molecule has 3 aromatic carbocycles. The normalized spacial score (nSPS) is 14.1. The quantitative estimate of drug-likeness (QED) is 0.669. The summed E-state index contributed by atoms with van der Waals surface area (Å²) in [6.45, 7) is 2.35. The smallest absolute Gasteiger partial charge is 0.127 e. The first kappa shape index (κ1) is 19.3. The zero-order chi connectivity index (χ0) is 19.3. The Morgan fingerprint density at radius 1 is 0.778 bits per heavy atom. The molecule has 2 atom stereocenters. The highest BCUT2D eigenvalue weighted by Gasteiger charge is 2.35. The lowest BCUT2D eigenvalue weighted by atomic mass is 9.85. The molecule has 0 spiro atoms. The summed E-state index contributed by atoms with van der Waals surface area (Å²) in [4.78, 5) is 2.01. The average Bonchev–Trinajstić information content (AvgIpc) is 2.74. The molecule has 0 fully saturated rings. The van der Waals surface area contributed by atoms with Crippen molar-refractivity contribution in [1.82, 2.24) is 4.90 Å². The second-order valence-corrected chi connectivity index (χ2v) is 7.10. The first-order chi connectivity index (χ1) is 13.0. The molecule has 0 amide bonds. The van der Waals surface area contributed by atoms with E-state index >= 15 is 0 Å². The van der Waals surface area contributed by atoms with Crippen molar-refractivity contribution in [2.45, 2.75) is 24.7 Å². The van der Waals surface area contributed by atoms with E-state index in [0.29, 0.717) is 6.54 Å². The van der Waals surface area contributed by atoms with Crippen molar-refractivity contribution in [2.75, 3.05) is 13.6 Å². The number of hydrogen-bond donors (Lipinski definition) is 2. The second-order valence-electron chi connectivity index (χ2n) is 7.10. The molecule has 0 heterocycles. The average molecular weight is 361 g/mol. The number of benzene rings is 3. The molecular weight excluding hydrogens is 334 g/mol. The van der Waals surface area contributed by atoms with E-state index in [2.05, 4.69) is 0 Å². The molecule has 0 aliphatic carbocycles. The Morgan fingerprint density at radius 3 is 1.63 bits per heavy atom. The fraction of sp³-hybridized carbons (Fsp3) is 0.250. The molecule has 0 aliphatic heterocycles. The van der Waals surface area contributed by atoms with Crippen molar-refractivity contribution in [1.29, 1.82) is 0 Å². The molecule has 140 valence electrons. The molecular formula is C24H27NO2. The zero-order valence-electron chi connectivity index (χ0n) is 15.9. The summed E-state index contributed by atoms with van der Waals surface area (Å²) in [5, 5.41) is 22.5. The summed E-state index contributed by atoms with van der Waals surface area (Å²) in [5.41, 5.74) is 1.38. The van der Waals surface area contributed by atoms with Crippen molar-refractivity contribution in [2.24, 2.45) is 0 Å². The molecule has 0 bridgehead atoms. The highest BCUT2D eigenvalue weighted by atomic mass is 16.3. The standard InChI is InChI=1S/C24H27NO2/c1-19(23(26)20-12-6-3-7-13-20)25(2)18-24(27,21-14-8-4-9-15-21)22-16-10-5-11-17-22/h3-17,19,23,26-27H,18H2,1-2H3/t19-,23-/m0/s1. The van der Waals surface area contributed by atoms with Gasteiger partial charge in [-0.2, -0.15) is 0 Å². The van der Waals surface area contributed by atoms with Crippen molar-refractivity contribution in [3.63, 3.8) is 0 Å². The van der Waals surface area contributed by atoms with E-state index in [0.717, 1.165) is 16.7 Å². The van der Waals surface area contributed by atoms with Gasteiger partial charge < -0.3 is 10.2 Å². The van der Waals surface area contributed by atoms with Gasteiger partial charge in [-0.25, -0.2) is 0 Å². The molecule has 3 aromatic rings. The van der Waals surface area contributed by atoms with Crippen LogP contribution in [0.25, 0.3) is 0 Å². The largest absolute Gasteiger partial charge is 0.387 e. The molecule has 3 rings (SSSR count). The molecule has 3 heteroatoms. The Labute approximate surface area is 161 Å². The number of likely N-dealkylation sites (N-methyl/N-ethyl adjacent to an activating group) is 1. The Balaban J connectivity index is 1.88. The third-order valence-electron chi connectivity index (χ3n) is 5.27. The predicted octanol–water partition coefficient (Wildman–Crippen LogP) is 3.98. The van der Waals surface area contributed by atoms with Gasteiger partial charge in [0, 0.05) is 12.6 Å². The van der Waals surface area contributed by atoms with E-state index < -0.39 is 11.7 Å². The van der Waals surface area contributed by atoms with Gasteiger partial charge >= 0.3 is 0 Å². The van der Waals surface area contributed by atoms with Gasteiger partial charge in [-0.1, -0.05) is 91.0 Å². The number of rotatable bonds is 7. The summed E-state index contributed by atoms with van der Waals surface area (Å²) in [5.74, 6) is 0. The lowest BCUT2D eigenvalue weighted by Crippen LogP contribution is -2.45. The van der Waals surface area contributed by atoms with Crippen molar-refractivity contribution in [3.05, 3.63) is 108 Å². The summed E-state index contributed by atoms with van der Waals surface area (Å²) in [6.07, 6.45) is -0.632. The number of nitrogens with zero attached hydrogens (tertiary/aromatic N) is 1. The van der Waals surface area contributed by atoms with E-state index in [1.165, 1.54) is 0 Å². The van der Waals surface area contributed by atoms with Crippen LogP contribution < -0.4 is 0 Å².